The van der Waals surface area contributed by atoms with Gasteiger partial charge in [-0.25, -0.2) is 0 Å². The Morgan fingerprint density at radius 3 is 2.60 bits per heavy atom. The summed E-state index contributed by atoms with van der Waals surface area (Å²) in [5.41, 5.74) is 5.67. The van der Waals surface area contributed by atoms with Crippen LogP contribution < -0.4 is 10.5 Å². The van der Waals surface area contributed by atoms with Crippen molar-refractivity contribution in [3.8, 4) is 5.75 Å². The van der Waals surface area contributed by atoms with Crippen molar-refractivity contribution in [2.45, 2.75) is 12.9 Å². The maximum absolute atomic E-state index is 12.0. The molecule has 1 aromatic heterocycles. The Morgan fingerprint density at radius 1 is 1.53 bits per heavy atom. The first-order valence-electron chi connectivity index (χ1n) is 3.64. The molecule has 2 N–H and O–H groups in total. The van der Waals surface area contributed by atoms with E-state index in [1.807, 2.05) is 0 Å². The molecule has 1 heterocycles. The lowest BCUT2D eigenvalue weighted by atomic mass is 10.3. The molecule has 0 radical (unpaired) electrons. The predicted molar refractivity (Wildman–Crippen MR) is 59.2 cm³/mol. The number of halogens is 5. The number of ether oxygens (including phenoxy) is 1. The van der Waals surface area contributed by atoms with E-state index in [1.54, 1.807) is 22.6 Å². The maximum Gasteiger partial charge on any atom is 0.573 e. The smallest absolute Gasteiger partial charge is 0.403 e. The number of rotatable bonds is 2. The van der Waals surface area contributed by atoms with Crippen LogP contribution in [0.2, 0.25) is 0 Å². The number of hydrogen-bond acceptors (Lipinski definition) is 3. The molecule has 0 saturated heterocycles. The van der Waals surface area contributed by atoms with Crippen LogP contribution in [-0.4, -0.2) is 11.3 Å². The molecular weight excluding hydrogens is 392 g/mol. The number of nitrogens with zero attached hydrogens (tertiary/aromatic N) is 1. The summed E-state index contributed by atoms with van der Waals surface area (Å²) in [5, 5.41) is 0. The summed E-state index contributed by atoms with van der Waals surface area (Å²) in [6.45, 7) is 0.0553. The second kappa shape index (κ2) is 4.83. The summed E-state index contributed by atoms with van der Waals surface area (Å²) >= 11 is 4.64. The molecule has 0 aromatic carbocycles. The van der Waals surface area contributed by atoms with Crippen LogP contribution in [0.1, 0.15) is 5.69 Å². The lowest BCUT2D eigenvalue weighted by Gasteiger charge is -2.13. The van der Waals surface area contributed by atoms with Crippen LogP contribution in [0.3, 0.4) is 0 Å². The molecule has 84 valence electrons. The third-order valence-corrected chi connectivity index (χ3v) is 3.09. The van der Waals surface area contributed by atoms with Crippen molar-refractivity contribution >= 4 is 38.5 Å². The van der Waals surface area contributed by atoms with Crippen LogP contribution in [0.4, 0.5) is 13.2 Å². The van der Waals surface area contributed by atoms with Crippen molar-refractivity contribution in [3.05, 3.63) is 19.9 Å². The van der Waals surface area contributed by atoms with Crippen LogP contribution in [-0.2, 0) is 6.54 Å². The molecule has 0 amide bonds. The maximum atomic E-state index is 12.0. The van der Waals surface area contributed by atoms with Gasteiger partial charge in [0.05, 0.1) is 13.7 Å². The first-order valence-corrected chi connectivity index (χ1v) is 5.51. The van der Waals surface area contributed by atoms with Crippen LogP contribution in [0, 0.1) is 3.57 Å². The van der Waals surface area contributed by atoms with Crippen LogP contribution in [0.5, 0.6) is 5.75 Å². The largest absolute Gasteiger partial charge is 0.573 e. The highest BCUT2D eigenvalue weighted by Gasteiger charge is 2.33. The van der Waals surface area contributed by atoms with E-state index in [0.29, 0.717) is 5.69 Å². The highest BCUT2D eigenvalue weighted by atomic mass is 127. The molecule has 1 aromatic rings. The summed E-state index contributed by atoms with van der Waals surface area (Å²) in [7, 11) is 0. The average molecular weight is 397 g/mol. The summed E-state index contributed by atoms with van der Waals surface area (Å²) < 4.78 is 40.4. The third-order valence-electron chi connectivity index (χ3n) is 1.41. The standard InChI is InChI=1S/C7H5BrF3IN2O/c8-3-2-14-4(1-13)5(12)6(3)15-7(9,10)11/h2H,1,13H2. The van der Waals surface area contributed by atoms with Crippen LogP contribution in [0.25, 0.3) is 0 Å². The van der Waals surface area contributed by atoms with E-state index >= 15 is 0 Å². The van der Waals surface area contributed by atoms with Crippen molar-refractivity contribution in [1.82, 2.24) is 4.98 Å². The quantitative estimate of drug-likeness (QED) is 0.782. The highest BCUT2D eigenvalue weighted by molar-refractivity contribution is 14.1. The zero-order valence-electron chi connectivity index (χ0n) is 7.11. The minimum Gasteiger partial charge on any atom is -0.403 e. The molecule has 0 bridgehead atoms. The van der Waals surface area contributed by atoms with Crippen molar-refractivity contribution in [2.75, 3.05) is 0 Å². The molecular formula is C7H5BrF3IN2O. The molecule has 0 unspecified atom stereocenters. The fourth-order valence-corrected chi connectivity index (χ4v) is 2.35. The topological polar surface area (TPSA) is 48.1 Å². The SMILES string of the molecule is NCc1ncc(Br)c(OC(F)(F)F)c1I. The number of nitrogens with two attached hydrogens (primary N) is 1. The van der Waals surface area contributed by atoms with Gasteiger partial charge in [-0.2, -0.15) is 0 Å². The first-order chi connectivity index (χ1) is 6.85. The number of aromatic nitrogens is 1. The van der Waals surface area contributed by atoms with Gasteiger partial charge in [-0.15, -0.1) is 13.2 Å². The monoisotopic (exact) mass is 396 g/mol. The van der Waals surface area contributed by atoms with Crippen molar-refractivity contribution in [3.63, 3.8) is 0 Å². The van der Waals surface area contributed by atoms with E-state index in [4.69, 9.17) is 5.73 Å². The Morgan fingerprint density at radius 2 is 2.13 bits per heavy atom. The number of hydrogen-bond donors (Lipinski definition) is 1. The summed E-state index contributed by atoms with van der Waals surface area (Å²) in [6.07, 6.45) is -3.50. The van der Waals surface area contributed by atoms with Gasteiger partial charge in [0.25, 0.3) is 0 Å². The van der Waals surface area contributed by atoms with Crippen molar-refractivity contribution in [2.24, 2.45) is 5.73 Å². The van der Waals surface area contributed by atoms with Gasteiger partial charge in [0.1, 0.15) is 0 Å². The molecule has 3 nitrogen and oxygen atoms in total. The Labute approximate surface area is 105 Å². The lowest BCUT2D eigenvalue weighted by molar-refractivity contribution is -0.275. The van der Waals surface area contributed by atoms with E-state index in [0.717, 1.165) is 0 Å². The Bertz CT molecular complexity index is 372. The summed E-state index contributed by atoms with van der Waals surface area (Å²) in [5.74, 6) is -0.307. The van der Waals surface area contributed by atoms with Crippen molar-refractivity contribution in [1.29, 1.82) is 0 Å². The van der Waals surface area contributed by atoms with E-state index in [-0.39, 0.29) is 20.3 Å². The third kappa shape index (κ3) is 3.45. The van der Waals surface area contributed by atoms with Gasteiger partial charge < -0.3 is 10.5 Å². The zero-order valence-corrected chi connectivity index (χ0v) is 10.9. The second-order valence-corrected chi connectivity index (χ2v) is 4.38. The molecule has 0 aliphatic rings. The van der Waals surface area contributed by atoms with Gasteiger partial charge in [-0.1, -0.05) is 0 Å². The fourth-order valence-electron chi connectivity index (χ4n) is 0.837. The van der Waals surface area contributed by atoms with E-state index in [2.05, 4.69) is 25.7 Å². The van der Waals surface area contributed by atoms with Crippen LogP contribution in [0.15, 0.2) is 10.7 Å². The van der Waals surface area contributed by atoms with Gasteiger partial charge in [0.15, 0.2) is 5.75 Å². The molecule has 0 fully saturated rings. The average Bonchev–Trinajstić information content (AvgIpc) is 2.11. The molecule has 1 rings (SSSR count). The number of pyridine rings is 1. The highest BCUT2D eigenvalue weighted by Crippen LogP contribution is 2.35. The zero-order chi connectivity index (χ0) is 11.6. The summed E-state index contributed by atoms with van der Waals surface area (Å²) in [6, 6.07) is 0. The normalized spacial score (nSPS) is 11.6. The van der Waals surface area contributed by atoms with Gasteiger partial charge in [-0.3, -0.25) is 4.98 Å². The molecule has 0 atom stereocenters. The molecule has 15 heavy (non-hydrogen) atoms. The predicted octanol–water partition coefficient (Wildman–Crippen LogP) is 2.81. The second-order valence-electron chi connectivity index (χ2n) is 2.45. The lowest BCUT2D eigenvalue weighted by Crippen LogP contribution is -2.19. The van der Waals surface area contributed by atoms with E-state index in [9.17, 15) is 13.2 Å². The molecule has 0 aliphatic heterocycles. The van der Waals surface area contributed by atoms with E-state index < -0.39 is 6.36 Å². The van der Waals surface area contributed by atoms with Crippen molar-refractivity contribution < 1.29 is 17.9 Å². The van der Waals surface area contributed by atoms with Gasteiger partial charge in [-0.05, 0) is 38.5 Å². The Hall–Kier alpha value is -0.0900. The Balaban J connectivity index is 3.15. The Kier molecular flexibility index (Phi) is 4.18. The van der Waals surface area contributed by atoms with Crippen LogP contribution >= 0.6 is 38.5 Å². The fraction of sp³-hybridized carbons (Fsp3) is 0.286. The number of alkyl halides is 3. The van der Waals surface area contributed by atoms with E-state index in [1.165, 1.54) is 6.20 Å². The van der Waals surface area contributed by atoms with Gasteiger partial charge in [0.2, 0.25) is 0 Å². The van der Waals surface area contributed by atoms with Gasteiger partial charge >= 0.3 is 6.36 Å². The summed E-state index contributed by atoms with van der Waals surface area (Å²) in [4.78, 5) is 3.86. The molecule has 0 saturated carbocycles. The molecule has 8 heteroatoms. The van der Waals surface area contributed by atoms with Gasteiger partial charge in [0, 0.05) is 12.7 Å². The minimum absolute atomic E-state index is 0.0553. The first kappa shape index (κ1) is 13.0. The molecule has 0 spiro atoms. The minimum atomic E-state index is -4.73. The molecule has 0 aliphatic carbocycles.